The van der Waals surface area contributed by atoms with Crippen molar-refractivity contribution < 1.29 is 24.2 Å². The molecule has 0 aromatic rings. The van der Waals surface area contributed by atoms with E-state index in [0.717, 1.165) is 6.42 Å². The third kappa shape index (κ3) is 10.1. The summed E-state index contributed by atoms with van der Waals surface area (Å²) in [4.78, 5) is 32.9. The zero-order chi connectivity index (χ0) is 15.5. The topological polar surface area (TPSA) is 131 Å². The van der Waals surface area contributed by atoms with Gasteiger partial charge in [0.25, 0.3) is 0 Å². The highest BCUT2D eigenvalue weighted by atomic mass is 16.5. The van der Waals surface area contributed by atoms with Crippen molar-refractivity contribution in [3.8, 4) is 0 Å². The van der Waals surface area contributed by atoms with Gasteiger partial charge in [-0.25, -0.2) is 9.59 Å². The molecule has 8 heteroatoms. The van der Waals surface area contributed by atoms with E-state index in [1.54, 1.807) is 0 Å². The molecule has 20 heavy (non-hydrogen) atoms. The first-order valence-electron chi connectivity index (χ1n) is 6.50. The summed E-state index contributed by atoms with van der Waals surface area (Å²) >= 11 is 0. The Morgan fingerprint density at radius 1 is 1.25 bits per heavy atom. The molecule has 5 N–H and O–H groups in total. The van der Waals surface area contributed by atoms with Gasteiger partial charge in [-0.1, -0.05) is 0 Å². The number of unbranched alkanes of at least 4 members (excludes halogenated alkanes) is 1. The van der Waals surface area contributed by atoms with Crippen molar-refractivity contribution >= 4 is 17.9 Å². The van der Waals surface area contributed by atoms with Crippen LogP contribution in [0.25, 0.3) is 0 Å². The van der Waals surface area contributed by atoms with E-state index in [1.807, 2.05) is 13.8 Å². The number of carboxylic acid groups (broad SMARTS) is 1. The second kappa shape index (κ2) is 10.0. The van der Waals surface area contributed by atoms with Crippen molar-refractivity contribution in [2.24, 2.45) is 5.73 Å². The van der Waals surface area contributed by atoms with Crippen molar-refractivity contribution in [1.29, 1.82) is 0 Å². The molecule has 0 radical (unpaired) electrons. The molecule has 3 amide bonds. The predicted molar refractivity (Wildman–Crippen MR) is 72.1 cm³/mol. The number of aliphatic carboxylic acids is 1. The molecule has 0 rings (SSSR count). The molecule has 1 atom stereocenters. The smallest absolute Gasteiger partial charge is 0.326 e. The lowest BCUT2D eigenvalue weighted by molar-refractivity contribution is -0.140. The van der Waals surface area contributed by atoms with Crippen molar-refractivity contribution in [3.63, 3.8) is 0 Å². The minimum Gasteiger partial charge on any atom is -0.480 e. The fourth-order valence-electron chi connectivity index (χ4n) is 1.36. The van der Waals surface area contributed by atoms with E-state index < -0.39 is 30.4 Å². The Hall–Kier alpha value is -1.83. The first kappa shape index (κ1) is 18.2. The van der Waals surface area contributed by atoms with E-state index in [2.05, 4.69) is 10.6 Å². The van der Waals surface area contributed by atoms with Crippen LogP contribution < -0.4 is 16.4 Å². The second-order valence-corrected chi connectivity index (χ2v) is 4.59. The van der Waals surface area contributed by atoms with Gasteiger partial charge < -0.3 is 26.2 Å². The fraction of sp³-hybridized carbons (Fsp3) is 0.750. The molecule has 0 heterocycles. The van der Waals surface area contributed by atoms with Crippen LogP contribution in [0.2, 0.25) is 0 Å². The molecule has 0 saturated carbocycles. The summed E-state index contributed by atoms with van der Waals surface area (Å²) in [6, 6.07) is -1.94. The normalized spacial score (nSPS) is 11.9. The lowest BCUT2D eigenvalue weighted by Crippen LogP contribution is -2.47. The number of nitrogens with one attached hydrogen (secondary N) is 2. The minimum atomic E-state index is -1.31. The molecular formula is C12H23N3O5. The van der Waals surface area contributed by atoms with E-state index in [0.29, 0.717) is 19.6 Å². The zero-order valence-electron chi connectivity index (χ0n) is 11.8. The molecule has 116 valence electrons. The van der Waals surface area contributed by atoms with Gasteiger partial charge in [0.1, 0.15) is 6.04 Å². The Bertz CT molecular complexity index is 333. The van der Waals surface area contributed by atoms with Crippen LogP contribution in [0, 0.1) is 0 Å². The quantitative estimate of drug-likeness (QED) is 0.414. The molecular weight excluding hydrogens is 266 g/mol. The molecule has 0 bridgehead atoms. The lowest BCUT2D eigenvalue weighted by Gasteiger charge is -2.13. The lowest BCUT2D eigenvalue weighted by atomic mass is 10.2. The highest BCUT2D eigenvalue weighted by Gasteiger charge is 2.21. The molecule has 0 aliphatic heterocycles. The minimum absolute atomic E-state index is 0.177. The van der Waals surface area contributed by atoms with Gasteiger partial charge in [-0.3, -0.25) is 4.79 Å². The van der Waals surface area contributed by atoms with Gasteiger partial charge in [0.2, 0.25) is 5.91 Å². The van der Waals surface area contributed by atoms with E-state index >= 15 is 0 Å². The zero-order valence-corrected chi connectivity index (χ0v) is 11.8. The number of carbonyl (C=O) groups is 3. The maximum absolute atomic E-state index is 11.4. The van der Waals surface area contributed by atoms with Crippen LogP contribution in [0.1, 0.15) is 33.1 Å². The summed E-state index contributed by atoms with van der Waals surface area (Å²) in [5.74, 6) is -2.09. The van der Waals surface area contributed by atoms with Crippen LogP contribution in [-0.4, -0.2) is 48.3 Å². The first-order chi connectivity index (χ1) is 9.32. The van der Waals surface area contributed by atoms with Crippen LogP contribution in [0.15, 0.2) is 0 Å². The van der Waals surface area contributed by atoms with Crippen LogP contribution in [0.5, 0.6) is 0 Å². The van der Waals surface area contributed by atoms with E-state index in [-0.39, 0.29) is 6.10 Å². The summed E-state index contributed by atoms with van der Waals surface area (Å²) in [5, 5.41) is 13.5. The average molecular weight is 289 g/mol. The Morgan fingerprint density at radius 3 is 2.40 bits per heavy atom. The Morgan fingerprint density at radius 2 is 1.90 bits per heavy atom. The highest BCUT2D eigenvalue weighted by Crippen LogP contribution is 1.94. The van der Waals surface area contributed by atoms with Crippen LogP contribution in [0.3, 0.4) is 0 Å². The molecule has 0 aliphatic rings. The fourth-order valence-corrected chi connectivity index (χ4v) is 1.36. The molecule has 0 aromatic carbocycles. The molecule has 0 aliphatic carbocycles. The van der Waals surface area contributed by atoms with Gasteiger partial charge in [-0.05, 0) is 26.7 Å². The van der Waals surface area contributed by atoms with Gasteiger partial charge in [-0.2, -0.15) is 0 Å². The van der Waals surface area contributed by atoms with Crippen molar-refractivity contribution in [2.45, 2.75) is 45.3 Å². The van der Waals surface area contributed by atoms with Crippen molar-refractivity contribution in [3.05, 3.63) is 0 Å². The summed E-state index contributed by atoms with van der Waals surface area (Å²) in [6.45, 7) is 4.89. The molecule has 0 aromatic heterocycles. The largest absolute Gasteiger partial charge is 0.480 e. The van der Waals surface area contributed by atoms with Gasteiger partial charge >= 0.3 is 12.0 Å². The predicted octanol–water partition coefficient (Wildman–Crippen LogP) is -0.181. The second-order valence-electron chi connectivity index (χ2n) is 4.59. The Labute approximate surface area is 118 Å². The monoisotopic (exact) mass is 289 g/mol. The average Bonchev–Trinajstić information content (AvgIpc) is 2.31. The molecule has 0 spiro atoms. The number of carbonyl (C=O) groups excluding carboxylic acids is 2. The van der Waals surface area contributed by atoms with Crippen LogP contribution in [-0.2, 0) is 14.3 Å². The maximum atomic E-state index is 11.4. The SMILES string of the molecule is CC(C)OCCCCNC(=O)N[C@H](CC(N)=O)C(=O)O. The number of rotatable bonds is 10. The maximum Gasteiger partial charge on any atom is 0.326 e. The van der Waals surface area contributed by atoms with Crippen LogP contribution in [0.4, 0.5) is 4.79 Å². The van der Waals surface area contributed by atoms with E-state index in [1.165, 1.54) is 0 Å². The number of primary amides is 1. The van der Waals surface area contributed by atoms with Gasteiger partial charge in [0.15, 0.2) is 0 Å². The number of hydrogen-bond acceptors (Lipinski definition) is 4. The van der Waals surface area contributed by atoms with Crippen LogP contribution >= 0.6 is 0 Å². The molecule has 0 saturated heterocycles. The van der Waals surface area contributed by atoms with E-state index in [9.17, 15) is 14.4 Å². The van der Waals surface area contributed by atoms with Gasteiger partial charge in [0, 0.05) is 13.2 Å². The van der Waals surface area contributed by atoms with Gasteiger partial charge in [0.05, 0.1) is 12.5 Å². The summed E-state index contributed by atoms with van der Waals surface area (Å²) in [6.07, 6.45) is 1.25. The van der Waals surface area contributed by atoms with E-state index in [4.69, 9.17) is 15.6 Å². The standard InChI is InChI=1S/C12H23N3O5/c1-8(2)20-6-4-3-5-14-12(19)15-9(11(17)18)7-10(13)16/h8-9H,3-7H2,1-2H3,(H2,13,16)(H,17,18)(H2,14,15,19)/t9-/m1/s1. The third-order valence-electron chi connectivity index (χ3n) is 2.32. The highest BCUT2D eigenvalue weighted by molar-refractivity contribution is 5.87. The van der Waals surface area contributed by atoms with Crippen molar-refractivity contribution in [1.82, 2.24) is 10.6 Å². The molecule has 8 nitrogen and oxygen atoms in total. The van der Waals surface area contributed by atoms with Gasteiger partial charge in [-0.15, -0.1) is 0 Å². The summed E-state index contributed by atoms with van der Waals surface area (Å²) in [7, 11) is 0. The number of hydrogen-bond donors (Lipinski definition) is 4. The number of nitrogens with two attached hydrogens (primary N) is 1. The third-order valence-corrected chi connectivity index (χ3v) is 2.32. The summed E-state index contributed by atoms with van der Waals surface area (Å²) < 4.78 is 5.33. The first-order valence-corrected chi connectivity index (χ1v) is 6.50. The number of ether oxygens (including phenoxy) is 1. The van der Waals surface area contributed by atoms with Crippen molar-refractivity contribution in [2.75, 3.05) is 13.2 Å². The Kier molecular flexibility index (Phi) is 9.10. The summed E-state index contributed by atoms with van der Waals surface area (Å²) in [5.41, 5.74) is 4.90. The molecule has 0 fully saturated rings. The number of urea groups is 1. The molecule has 0 unspecified atom stereocenters. The number of carboxylic acids is 1. The Balaban J connectivity index is 3.80. The number of amides is 3.